The summed E-state index contributed by atoms with van der Waals surface area (Å²) in [7, 11) is 0. The Morgan fingerprint density at radius 2 is 1.67 bits per heavy atom. The van der Waals surface area contributed by atoms with Gasteiger partial charge in [0.1, 0.15) is 0 Å². The molecule has 1 aromatic heterocycles. The number of amides is 1. The van der Waals surface area contributed by atoms with E-state index in [2.05, 4.69) is 5.32 Å². The highest BCUT2D eigenvalue weighted by atomic mass is 32.1. The molecule has 0 radical (unpaired) electrons. The Kier molecular flexibility index (Phi) is 9.17. The largest absolute Gasteiger partial charge is 0.490 e. The molecule has 220 valence electrons. The van der Waals surface area contributed by atoms with Crippen LogP contribution >= 0.6 is 11.3 Å². The summed E-state index contributed by atoms with van der Waals surface area (Å²) in [6.07, 6.45) is 1.76. The number of fused-ring (bicyclic) bond motifs is 1. The first-order valence-electron chi connectivity index (χ1n) is 13.9. The van der Waals surface area contributed by atoms with Crippen molar-refractivity contribution in [2.75, 3.05) is 25.1 Å². The summed E-state index contributed by atoms with van der Waals surface area (Å²) < 4.78 is 18.3. The van der Waals surface area contributed by atoms with Crippen LogP contribution in [0.4, 0.5) is 5.69 Å². The van der Waals surface area contributed by atoms with Crippen molar-refractivity contribution in [3.05, 3.63) is 121 Å². The molecular weight excluding hydrogens is 566 g/mol. The maximum atomic E-state index is 14.0. The van der Waals surface area contributed by atoms with Crippen molar-refractivity contribution in [2.45, 2.75) is 26.8 Å². The van der Waals surface area contributed by atoms with Crippen LogP contribution in [0.15, 0.2) is 99.9 Å². The first-order chi connectivity index (χ1) is 20.9. The van der Waals surface area contributed by atoms with Gasteiger partial charge in [0.05, 0.1) is 35.1 Å². The van der Waals surface area contributed by atoms with Gasteiger partial charge in [0.2, 0.25) is 0 Å². The molecule has 0 bridgehead atoms. The Balaban J connectivity index is 1.55. The molecule has 1 aliphatic heterocycles. The van der Waals surface area contributed by atoms with E-state index in [0.717, 1.165) is 5.56 Å². The van der Waals surface area contributed by atoms with E-state index < -0.39 is 12.0 Å². The van der Waals surface area contributed by atoms with E-state index in [9.17, 15) is 14.4 Å². The van der Waals surface area contributed by atoms with E-state index in [1.165, 1.54) is 11.3 Å². The Morgan fingerprint density at radius 3 is 2.37 bits per heavy atom. The standard InChI is InChI=1S/C33H31N3O6S/c1-4-40-26-18-22(16-17-25(26)42-20-28(37)41-5-2)19-27-32(39)36-30(23-12-8-6-9-13-23)29(21(3)34-33(36)43-27)31(38)35-24-14-10-7-11-15-24/h6-19,30H,4-5,20H2,1-3H3,(H,35,38)/b27-19-/t30-/m1/s1. The van der Waals surface area contributed by atoms with Gasteiger partial charge in [0.25, 0.3) is 11.5 Å². The highest BCUT2D eigenvalue weighted by Gasteiger charge is 2.32. The summed E-state index contributed by atoms with van der Waals surface area (Å²) in [5, 5.41) is 2.96. The summed E-state index contributed by atoms with van der Waals surface area (Å²) in [6, 6.07) is 23.2. The summed E-state index contributed by atoms with van der Waals surface area (Å²) in [5.41, 5.74) is 2.82. The number of anilines is 1. The molecule has 0 unspecified atom stereocenters. The van der Waals surface area contributed by atoms with Crippen molar-refractivity contribution in [2.24, 2.45) is 4.99 Å². The minimum atomic E-state index is -0.666. The SMILES string of the molecule is CCOC(=O)COc1ccc(/C=c2\sc3n(c2=O)[C@H](c2ccccc2)C(C(=O)Nc2ccccc2)=C(C)N=3)cc1OCC. The van der Waals surface area contributed by atoms with Crippen LogP contribution < -0.4 is 29.7 Å². The molecule has 5 rings (SSSR count). The van der Waals surface area contributed by atoms with Crippen LogP contribution in [0.25, 0.3) is 6.08 Å². The van der Waals surface area contributed by atoms with E-state index in [0.29, 0.717) is 50.0 Å². The summed E-state index contributed by atoms with van der Waals surface area (Å²) >= 11 is 1.25. The van der Waals surface area contributed by atoms with E-state index in [1.54, 1.807) is 42.7 Å². The van der Waals surface area contributed by atoms with Gasteiger partial charge in [-0.15, -0.1) is 0 Å². The molecule has 3 aromatic carbocycles. The van der Waals surface area contributed by atoms with E-state index >= 15 is 0 Å². The number of aromatic nitrogens is 1. The molecule has 4 aromatic rings. The van der Waals surface area contributed by atoms with E-state index in [-0.39, 0.29) is 24.7 Å². The van der Waals surface area contributed by atoms with Crippen LogP contribution in [0.5, 0.6) is 11.5 Å². The van der Waals surface area contributed by atoms with Gasteiger partial charge < -0.3 is 19.5 Å². The minimum absolute atomic E-state index is 0.245. The van der Waals surface area contributed by atoms with Crippen molar-refractivity contribution in [1.82, 2.24) is 4.57 Å². The van der Waals surface area contributed by atoms with Gasteiger partial charge in [-0.3, -0.25) is 14.2 Å². The molecule has 0 saturated heterocycles. The van der Waals surface area contributed by atoms with Crippen molar-refractivity contribution in [3.8, 4) is 11.5 Å². The molecule has 1 atom stereocenters. The van der Waals surface area contributed by atoms with Crippen LogP contribution in [-0.4, -0.2) is 36.3 Å². The fourth-order valence-electron chi connectivity index (χ4n) is 4.78. The Hall–Kier alpha value is -4.96. The second-order valence-electron chi connectivity index (χ2n) is 9.55. The Labute approximate surface area is 252 Å². The molecule has 0 aliphatic carbocycles. The fourth-order valence-corrected chi connectivity index (χ4v) is 5.82. The summed E-state index contributed by atoms with van der Waals surface area (Å²) in [6.45, 7) is 5.76. The predicted molar refractivity (Wildman–Crippen MR) is 165 cm³/mol. The highest BCUT2D eigenvalue weighted by Crippen LogP contribution is 2.31. The molecule has 10 heteroatoms. The minimum Gasteiger partial charge on any atom is -0.490 e. The van der Waals surface area contributed by atoms with Crippen LogP contribution in [0.3, 0.4) is 0 Å². The number of nitrogens with one attached hydrogen (secondary N) is 1. The molecule has 1 amide bonds. The third kappa shape index (κ3) is 6.60. The number of allylic oxidation sites excluding steroid dienone is 1. The number of benzene rings is 3. The maximum Gasteiger partial charge on any atom is 0.344 e. The van der Waals surface area contributed by atoms with Crippen molar-refractivity contribution in [1.29, 1.82) is 0 Å². The summed E-state index contributed by atoms with van der Waals surface area (Å²) in [5.74, 6) is 0.0269. The lowest BCUT2D eigenvalue weighted by Crippen LogP contribution is -2.40. The number of ether oxygens (including phenoxy) is 3. The van der Waals surface area contributed by atoms with E-state index in [1.807, 2.05) is 67.6 Å². The van der Waals surface area contributed by atoms with Gasteiger partial charge in [0, 0.05) is 5.69 Å². The van der Waals surface area contributed by atoms with Crippen molar-refractivity contribution < 1.29 is 23.8 Å². The normalized spacial score (nSPS) is 14.5. The third-order valence-electron chi connectivity index (χ3n) is 6.63. The molecule has 1 N–H and O–H groups in total. The van der Waals surface area contributed by atoms with Crippen LogP contribution in [-0.2, 0) is 14.3 Å². The average Bonchev–Trinajstić information content (AvgIpc) is 3.31. The number of rotatable bonds is 10. The van der Waals surface area contributed by atoms with Crippen molar-refractivity contribution >= 4 is 35.0 Å². The molecule has 9 nitrogen and oxygen atoms in total. The van der Waals surface area contributed by atoms with Crippen LogP contribution in [0.1, 0.15) is 37.9 Å². The lowest BCUT2D eigenvalue weighted by Gasteiger charge is -2.25. The fraction of sp³-hybridized carbons (Fsp3) is 0.212. The molecular formula is C33H31N3O6S. The number of carbonyl (C=O) groups excluding carboxylic acids is 2. The van der Waals surface area contributed by atoms with Crippen LogP contribution in [0.2, 0.25) is 0 Å². The van der Waals surface area contributed by atoms with Gasteiger partial charge in [-0.2, -0.15) is 0 Å². The Bertz CT molecular complexity index is 1840. The second-order valence-corrected chi connectivity index (χ2v) is 10.6. The lowest BCUT2D eigenvalue weighted by molar-refractivity contribution is -0.145. The lowest BCUT2D eigenvalue weighted by atomic mass is 9.95. The molecule has 2 heterocycles. The number of hydrogen-bond acceptors (Lipinski definition) is 8. The zero-order valence-electron chi connectivity index (χ0n) is 24.0. The topological polar surface area (TPSA) is 108 Å². The maximum absolute atomic E-state index is 14.0. The molecule has 1 aliphatic rings. The first kappa shape index (κ1) is 29.5. The van der Waals surface area contributed by atoms with Gasteiger partial charge >= 0.3 is 5.97 Å². The van der Waals surface area contributed by atoms with Crippen LogP contribution in [0, 0.1) is 0 Å². The number of thiazole rings is 1. The monoisotopic (exact) mass is 597 g/mol. The van der Waals surface area contributed by atoms with E-state index in [4.69, 9.17) is 19.2 Å². The van der Waals surface area contributed by atoms with Crippen molar-refractivity contribution in [3.63, 3.8) is 0 Å². The number of hydrogen-bond donors (Lipinski definition) is 1. The number of esters is 1. The zero-order chi connectivity index (χ0) is 30.3. The highest BCUT2D eigenvalue weighted by molar-refractivity contribution is 7.07. The Morgan fingerprint density at radius 1 is 0.953 bits per heavy atom. The first-order valence-corrected chi connectivity index (χ1v) is 14.7. The molecule has 43 heavy (non-hydrogen) atoms. The average molecular weight is 598 g/mol. The van der Waals surface area contributed by atoms with Gasteiger partial charge in [0.15, 0.2) is 22.9 Å². The molecule has 0 fully saturated rings. The van der Waals surface area contributed by atoms with Gasteiger partial charge in [-0.1, -0.05) is 65.9 Å². The predicted octanol–water partition coefficient (Wildman–Crippen LogP) is 4.21. The van der Waals surface area contributed by atoms with Gasteiger partial charge in [-0.25, -0.2) is 9.79 Å². The zero-order valence-corrected chi connectivity index (χ0v) is 24.9. The third-order valence-corrected chi connectivity index (χ3v) is 7.61. The quantitative estimate of drug-likeness (QED) is 0.275. The smallest absolute Gasteiger partial charge is 0.344 e. The molecule has 0 spiro atoms. The second kappa shape index (κ2) is 13.3. The van der Waals surface area contributed by atoms with Gasteiger partial charge in [-0.05, 0) is 62.2 Å². The number of nitrogens with zero attached hydrogens (tertiary/aromatic N) is 2. The number of para-hydroxylation sites is 1. The summed E-state index contributed by atoms with van der Waals surface area (Å²) in [4.78, 5) is 44.6. The number of carbonyl (C=O) groups is 2. The molecule has 0 saturated carbocycles.